The summed E-state index contributed by atoms with van der Waals surface area (Å²) in [6.07, 6.45) is 0.527. The monoisotopic (exact) mass is 428 g/mol. The number of aliphatic imine (C=N–C) groups is 1. The van der Waals surface area contributed by atoms with Crippen molar-refractivity contribution in [3.05, 3.63) is 82.7 Å². The Labute approximate surface area is 188 Å². The zero-order valence-electron chi connectivity index (χ0n) is 18.6. The standard InChI is InChI=1S/C26H28N4O2/c1-16-9-7-8-12-18(16)22(23-20(31)13-26(2,3)14-21(23)32)19(15-27)25(29)30-24(28)17-10-5-4-6-11-17/h4-12,22-23H,13-14,29H2,1-3H3,(H2,28,30)/b25-19-. The Morgan fingerprint density at radius 1 is 1.03 bits per heavy atom. The predicted octanol–water partition coefficient (Wildman–Crippen LogP) is 3.75. The molecule has 32 heavy (non-hydrogen) atoms. The topological polar surface area (TPSA) is 122 Å². The third-order valence-corrected chi connectivity index (χ3v) is 5.87. The number of allylic oxidation sites excluding steroid dienone is 1. The highest BCUT2D eigenvalue weighted by Gasteiger charge is 2.46. The average Bonchev–Trinajstić information content (AvgIpc) is 2.73. The van der Waals surface area contributed by atoms with Gasteiger partial charge in [0.1, 0.15) is 23.2 Å². The molecule has 0 amide bonds. The summed E-state index contributed by atoms with van der Waals surface area (Å²) in [6, 6.07) is 18.6. The smallest absolute Gasteiger partial charge is 0.144 e. The van der Waals surface area contributed by atoms with Gasteiger partial charge in [-0.1, -0.05) is 68.4 Å². The zero-order valence-corrected chi connectivity index (χ0v) is 18.6. The highest BCUT2D eigenvalue weighted by molar-refractivity contribution is 6.06. The number of nitrogens with two attached hydrogens (primary N) is 2. The van der Waals surface area contributed by atoms with Gasteiger partial charge in [-0.25, -0.2) is 4.99 Å². The molecule has 0 spiro atoms. The van der Waals surface area contributed by atoms with Crippen LogP contribution < -0.4 is 11.5 Å². The van der Waals surface area contributed by atoms with Gasteiger partial charge in [-0.15, -0.1) is 0 Å². The Hall–Kier alpha value is -3.72. The van der Waals surface area contributed by atoms with Crippen molar-refractivity contribution in [2.75, 3.05) is 0 Å². The Morgan fingerprint density at radius 3 is 2.16 bits per heavy atom. The van der Waals surface area contributed by atoms with Crippen LogP contribution in [-0.4, -0.2) is 17.4 Å². The normalized spacial score (nSPS) is 18.6. The lowest BCUT2D eigenvalue weighted by atomic mass is 9.65. The van der Waals surface area contributed by atoms with Crippen molar-refractivity contribution in [1.29, 1.82) is 5.26 Å². The number of benzene rings is 2. The lowest BCUT2D eigenvalue weighted by molar-refractivity contribution is -0.140. The van der Waals surface area contributed by atoms with E-state index in [0.717, 1.165) is 5.56 Å². The maximum absolute atomic E-state index is 13.2. The van der Waals surface area contributed by atoms with Crippen LogP contribution in [0.3, 0.4) is 0 Å². The molecule has 2 aromatic carbocycles. The molecule has 164 valence electrons. The van der Waals surface area contributed by atoms with Crippen LogP contribution in [-0.2, 0) is 9.59 Å². The predicted molar refractivity (Wildman–Crippen MR) is 124 cm³/mol. The number of carbonyl (C=O) groups excluding carboxylic acids is 2. The number of ketones is 2. The molecular weight excluding hydrogens is 400 g/mol. The fourth-order valence-corrected chi connectivity index (χ4v) is 4.36. The van der Waals surface area contributed by atoms with Crippen molar-refractivity contribution >= 4 is 17.4 Å². The van der Waals surface area contributed by atoms with Crippen LogP contribution in [0.4, 0.5) is 0 Å². The molecule has 0 aromatic heterocycles. The van der Waals surface area contributed by atoms with E-state index in [1.807, 2.05) is 63.2 Å². The Morgan fingerprint density at radius 2 is 1.59 bits per heavy atom. The Balaban J connectivity index is 2.17. The Bertz CT molecular complexity index is 1120. The molecule has 1 fully saturated rings. The molecule has 0 bridgehead atoms. The largest absolute Gasteiger partial charge is 0.383 e. The lowest BCUT2D eigenvalue weighted by Crippen LogP contribution is -2.41. The van der Waals surface area contributed by atoms with E-state index in [-0.39, 0.29) is 41.6 Å². The highest BCUT2D eigenvalue weighted by atomic mass is 16.2. The fourth-order valence-electron chi connectivity index (χ4n) is 4.36. The van der Waals surface area contributed by atoms with Gasteiger partial charge < -0.3 is 11.5 Å². The number of nitriles is 1. The van der Waals surface area contributed by atoms with Crippen molar-refractivity contribution in [1.82, 2.24) is 0 Å². The van der Waals surface area contributed by atoms with E-state index in [1.54, 1.807) is 12.1 Å². The number of amidine groups is 1. The number of hydrogen-bond donors (Lipinski definition) is 2. The summed E-state index contributed by atoms with van der Waals surface area (Å²) in [5, 5.41) is 10.1. The van der Waals surface area contributed by atoms with Gasteiger partial charge in [0, 0.05) is 24.3 Å². The van der Waals surface area contributed by atoms with Crippen LogP contribution in [0.5, 0.6) is 0 Å². The third-order valence-electron chi connectivity index (χ3n) is 5.87. The molecule has 0 aliphatic heterocycles. The van der Waals surface area contributed by atoms with E-state index in [4.69, 9.17) is 11.5 Å². The molecule has 6 heteroatoms. The van der Waals surface area contributed by atoms with Gasteiger partial charge in [0.15, 0.2) is 0 Å². The number of aryl methyl sites for hydroxylation is 1. The van der Waals surface area contributed by atoms with E-state index in [9.17, 15) is 14.9 Å². The molecule has 0 radical (unpaired) electrons. The summed E-state index contributed by atoms with van der Waals surface area (Å²) in [5.74, 6) is -2.09. The van der Waals surface area contributed by atoms with Gasteiger partial charge >= 0.3 is 0 Å². The second-order valence-electron chi connectivity index (χ2n) is 9.04. The first kappa shape index (κ1) is 23.0. The van der Waals surface area contributed by atoms with Gasteiger partial charge in [0.25, 0.3) is 0 Å². The molecule has 1 aliphatic carbocycles. The van der Waals surface area contributed by atoms with Gasteiger partial charge in [0.05, 0.1) is 17.6 Å². The fraction of sp³-hybridized carbons (Fsp3) is 0.308. The molecule has 0 heterocycles. The molecule has 6 nitrogen and oxygen atoms in total. The molecule has 3 rings (SSSR count). The summed E-state index contributed by atoms with van der Waals surface area (Å²) in [6.45, 7) is 5.70. The Kier molecular flexibility index (Phi) is 6.59. The van der Waals surface area contributed by atoms with Crippen molar-refractivity contribution in [3.8, 4) is 6.07 Å². The summed E-state index contributed by atoms with van der Waals surface area (Å²) in [5.41, 5.74) is 14.3. The molecule has 1 aliphatic rings. The molecule has 0 saturated heterocycles. The number of rotatable bonds is 5. The van der Waals surface area contributed by atoms with E-state index in [0.29, 0.717) is 11.1 Å². The first-order valence-electron chi connectivity index (χ1n) is 10.5. The van der Waals surface area contributed by atoms with Crippen molar-refractivity contribution in [2.45, 2.75) is 39.5 Å². The molecular formula is C26H28N4O2. The summed E-state index contributed by atoms with van der Waals surface area (Å²) in [4.78, 5) is 30.6. The van der Waals surface area contributed by atoms with E-state index >= 15 is 0 Å². The van der Waals surface area contributed by atoms with Crippen LogP contribution >= 0.6 is 0 Å². The van der Waals surface area contributed by atoms with Crippen LogP contribution in [0.2, 0.25) is 0 Å². The van der Waals surface area contributed by atoms with E-state index in [2.05, 4.69) is 11.1 Å². The van der Waals surface area contributed by atoms with Crippen molar-refractivity contribution in [3.63, 3.8) is 0 Å². The maximum atomic E-state index is 13.2. The number of carbonyl (C=O) groups is 2. The summed E-state index contributed by atoms with van der Waals surface area (Å²) in [7, 11) is 0. The van der Waals surface area contributed by atoms with E-state index < -0.39 is 17.3 Å². The maximum Gasteiger partial charge on any atom is 0.144 e. The molecule has 4 N–H and O–H groups in total. The number of nitrogens with zero attached hydrogens (tertiary/aromatic N) is 2. The molecule has 2 aromatic rings. The van der Waals surface area contributed by atoms with Crippen LogP contribution in [0.15, 0.2) is 71.0 Å². The van der Waals surface area contributed by atoms with Crippen LogP contribution in [0.25, 0.3) is 0 Å². The first-order chi connectivity index (χ1) is 15.1. The number of hydrogen-bond acceptors (Lipinski definition) is 5. The minimum absolute atomic E-state index is 0.0737. The van der Waals surface area contributed by atoms with Gasteiger partial charge in [-0.2, -0.15) is 5.26 Å². The highest BCUT2D eigenvalue weighted by Crippen LogP contribution is 2.43. The molecule has 1 unspecified atom stereocenters. The quantitative estimate of drug-likeness (QED) is 0.325. The molecule has 1 saturated carbocycles. The van der Waals surface area contributed by atoms with E-state index in [1.165, 1.54) is 0 Å². The van der Waals surface area contributed by atoms with Gasteiger partial charge in [-0.3, -0.25) is 9.59 Å². The zero-order chi connectivity index (χ0) is 23.5. The first-order valence-corrected chi connectivity index (χ1v) is 10.5. The van der Waals surface area contributed by atoms with Crippen molar-refractivity contribution in [2.24, 2.45) is 27.8 Å². The second-order valence-corrected chi connectivity index (χ2v) is 9.04. The summed E-state index contributed by atoms with van der Waals surface area (Å²) < 4.78 is 0. The van der Waals surface area contributed by atoms with Crippen LogP contribution in [0, 0.1) is 29.6 Å². The average molecular weight is 429 g/mol. The SMILES string of the molecule is Cc1ccccc1C(/C(C#N)=C(N)\N=C(\N)c1ccccc1)C1C(=O)CC(C)(C)CC1=O. The van der Waals surface area contributed by atoms with Crippen LogP contribution in [0.1, 0.15) is 49.3 Å². The third kappa shape index (κ3) is 4.78. The van der Waals surface area contributed by atoms with Gasteiger partial charge in [0.2, 0.25) is 0 Å². The summed E-state index contributed by atoms with van der Waals surface area (Å²) >= 11 is 0. The van der Waals surface area contributed by atoms with Crippen molar-refractivity contribution < 1.29 is 9.59 Å². The second kappa shape index (κ2) is 9.19. The minimum Gasteiger partial charge on any atom is -0.383 e. The lowest BCUT2D eigenvalue weighted by Gasteiger charge is -2.36. The van der Waals surface area contributed by atoms with Gasteiger partial charge in [-0.05, 0) is 23.5 Å². The minimum atomic E-state index is -0.981. The molecule has 1 atom stereocenters. The number of Topliss-reactive ketones (excluding diaryl/α,β-unsaturated/α-hetero) is 2.